The molecule has 98 valence electrons. The zero-order valence-corrected chi connectivity index (χ0v) is 11.5. The van der Waals surface area contributed by atoms with Crippen molar-refractivity contribution in [2.75, 3.05) is 24.6 Å². The highest BCUT2D eigenvalue weighted by Gasteiger charge is 2.28. The van der Waals surface area contributed by atoms with Gasteiger partial charge in [0.05, 0.1) is 0 Å². The molecule has 1 heterocycles. The molecule has 0 bridgehead atoms. The van der Waals surface area contributed by atoms with Gasteiger partial charge in [-0.2, -0.15) is 11.8 Å². The monoisotopic (exact) mass is 258 g/mol. The molecule has 0 aliphatic carbocycles. The van der Waals surface area contributed by atoms with Crippen LogP contribution in [0.25, 0.3) is 0 Å². The van der Waals surface area contributed by atoms with Crippen LogP contribution in [0, 0.1) is 0 Å². The van der Waals surface area contributed by atoms with E-state index >= 15 is 0 Å². The Balaban J connectivity index is 2.56. The van der Waals surface area contributed by atoms with E-state index in [0.29, 0.717) is 13.0 Å². The predicted octanol–water partition coefficient (Wildman–Crippen LogP) is 1.26. The molecule has 0 saturated carbocycles. The van der Waals surface area contributed by atoms with Crippen molar-refractivity contribution < 1.29 is 9.59 Å². The molecule has 5 heteroatoms. The van der Waals surface area contributed by atoms with E-state index in [1.807, 2.05) is 23.6 Å². The first kappa shape index (κ1) is 14.4. The molecule has 1 N–H and O–H groups in total. The molecule has 0 aromatic heterocycles. The lowest BCUT2D eigenvalue weighted by Gasteiger charge is -2.23. The van der Waals surface area contributed by atoms with Gasteiger partial charge in [-0.3, -0.25) is 9.59 Å². The van der Waals surface area contributed by atoms with Gasteiger partial charge in [-0.15, -0.1) is 0 Å². The number of hydrogen-bond donors (Lipinski definition) is 1. The molecule has 1 unspecified atom stereocenters. The lowest BCUT2D eigenvalue weighted by molar-refractivity contribution is -0.133. The van der Waals surface area contributed by atoms with Crippen molar-refractivity contribution in [2.45, 2.75) is 39.2 Å². The molecule has 4 nitrogen and oxygen atoms in total. The highest BCUT2D eigenvalue weighted by molar-refractivity contribution is 7.99. The van der Waals surface area contributed by atoms with E-state index in [0.717, 1.165) is 30.9 Å². The highest BCUT2D eigenvalue weighted by atomic mass is 32.2. The normalized spacial score (nSPS) is 21.3. The number of nitrogens with one attached hydrogen (secondary N) is 1. The summed E-state index contributed by atoms with van der Waals surface area (Å²) in [6.45, 7) is 5.46. The maximum atomic E-state index is 12.2. The summed E-state index contributed by atoms with van der Waals surface area (Å²) < 4.78 is 0. The second-order valence-corrected chi connectivity index (χ2v) is 5.57. The van der Waals surface area contributed by atoms with Gasteiger partial charge in [-0.1, -0.05) is 20.3 Å². The van der Waals surface area contributed by atoms with E-state index in [1.165, 1.54) is 0 Å². The van der Waals surface area contributed by atoms with E-state index in [-0.39, 0.29) is 17.9 Å². The van der Waals surface area contributed by atoms with Crippen molar-refractivity contribution in [1.29, 1.82) is 0 Å². The summed E-state index contributed by atoms with van der Waals surface area (Å²) >= 11 is 1.83. The van der Waals surface area contributed by atoms with Crippen LogP contribution in [0.2, 0.25) is 0 Å². The summed E-state index contributed by atoms with van der Waals surface area (Å²) in [6, 6.07) is -0.304. The summed E-state index contributed by atoms with van der Waals surface area (Å²) in [5.41, 5.74) is 0. The number of nitrogens with zero attached hydrogens (tertiary/aromatic N) is 1. The maximum absolute atomic E-state index is 12.2. The summed E-state index contributed by atoms with van der Waals surface area (Å²) in [5.74, 6) is 2.12. The van der Waals surface area contributed by atoms with Crippen molar-refractivity contribution >= 4 is 23.6 Å². The Bertz CT molecular complexity index is 271. The fourth-order valence-corrected chi connectivity index (χ4v) is 2.56. The fraction of sp³-hybridized carbons (Fsp3) is 0.833. The number of carbonyl (C=O) groups is 2. The van der Waals surface area contributed by atoms with Gasteiger partial charge in [0.15, 0.2) is 0 Å². The van der Waals surface area contributed by atoms with Crippen molar-refractivity contribution in [1.82, 2.24) is 10.2 Å². The second kappa shape index (κ2) is 7.58. The van der Waals surface area contributed by atoms with Crippen molar-refractivity contribution in [3.63, 3.8) is 0 Å². The SMILES string of the molecule is CCCC1NC(=O)CCN(CCSCC)C1=O. The van der Waals surface area contributed by atoms with E-state index in [9.17, 15) is 9.59 Å². The Morgan fingerprint density at radius 1 is 1.41 bits per heavy atom. The average Bonchev–Trinajstić information content (AvgIpc) is 2.43. The van der Waals surface area contributed by atoms with Crippen molar-refractivity contribution in [3.05, 3.63) is 0 Å². The van der Waals surface area contributed by atoms with Crippen molar-refractivity contribution in [3.8, 4) is 0 Å². The third kappa shape index (κ3) is 4.58. The van der Waals surface area contributed by atoms with Gasteiger partial charge in [0, 0.05) is 25.3 Å². The molecule has 1 fully saturated rings. The first-order valence-electron chi connectivity index (χ1n) is 6.35. The molecule has 1 saturated heterocycles. The first-order valence-corrected chi connectivity index (χ1v) is 7.50. The van der Waals surface area contributed by atoms with Gasteiger partial charge in [0.2, 0.25) is 11.8 Å². The molecule has 1 rings (SSSR count). The van der Waals surface area contributed by atoms with Crippen LogP contribution in [0.4, 0.5) is 0 Å². The van der Waals surface area contributed by atoms with Crippen LogP contribution in [-0.2, 0) is 9.59 Å². The topological polar surface area (TPSA) is 49.4 Å². The summed E-state index contributed by atoms with van der Waals surface area (Å²) in [5, 5.41) is 2.81. The average molecular weight is 258 g/mol. The molecule has 1 aliphatic heterocycles. The van der Waals surface area contributed by atoms with Crippen LogP contribution in [-0.4, -0.2) is 47.4 Å². The molecule has 1 aliphatic rings. The highest BCUT2D eigenvalue weighted by Crippen LogP contribution is 2.09. The van der Waals surface area contributed by atoms with Crippen LogP contribution >= 0.6 is 11.8 Å². The Hall–Kier alpha value is -0.710. The third-order valence-corrected chi connectivity index (χ3v) is 3.72. The van der Waals surface area contributed by atoms with E-state index in [2.05, 4.69) is 12.2 Å². The lowest BCUT2D eigenvalue weighted by atomic mass is 10.1. The molecule has 0 radical (unpaired) electrons. The van der Waals surface area contributed by atoms with Crippen LogP contribution < -0.4 is 5.32 Å². The molecular formula is C12H22N2O2S. The van der Waals surface area contributed by atoms with E-state index < -0.39 is 0 Å². The molecule has 1 atom stereocenters. The van der Waals surface area contributed by atoms with Crippen molar-refractivity contribution in [2.24, 2.45) is 0 Å². The molecule has 0 spiro atoms. The summed E-state index contributed by atoms with van der Waals surface area (Å²) in [7, 11) is 0. The van der Waals surface area contributed by atoms with Gasteiger partial charge < -0.3 is 10.2 Å². The van der Waals surface area contributed by atoms with Crippen LogP contribution in [0.1, 0.15) is 33.1 Å². The largest absolute Gasteiger partial charge is 0.344 e. The predicted molar refractivity (Wildman–Crippen MR) is 71.0 cm³/mol. The third-order valence-electron chi connectivity index (χ3n) is 2.84. The van der Waals surface area contributed by atoms with Gasteiger partial charge in [0.1, 0.15) is 6.04 Å². The van der Waals surface area contributed by atoms with Gasteiger partial charge in [-0.05, 0) is 12.2 Å². The summed E-state index contributed by atoms with van der Waals surface area (Å²) in [6.07, 6.45) is 2.08. The van der Waals surface area contributed by atoms with E-state index in [4.69, 9.17) is 0 Å². The van der Waals surface area contributed by atoms with Gasteiger partial charge >= 0.3 is 0 Å². The minimum Gasteiger partial charge on any atom is -0.344 e. The maximum Gasteiger partial charge on any atom is 0.245 e. The zero-order valence-electron chi connectivity index (χ0n) is 10.7. The number of thioether (sulfide) groups is 1. The fourth-order valence-electron chi connectivity index (χ4n) is 1.92. The number of amides is 2. The Kier molecular flexibility index (Phi) is 6.40. The zero-order chi connectivity index (χ0) is 12.7. The Morgan fingerprint density at radius 2 is 2.18 bits per heavy atom. The lowest BCUT2D eigenvalue weighted by Crippen LogP contribution is -2.45. The minimum atomic E-state index is -0.304. The van der Waals surface area contributed by atoms with Gasteiger partial charge in [-0.25, -0.2) is 0 Å². The molecule has 2 amide bonds. The molecule has 0 aromatic rings. The van der Waals surface area contributed by atoms with Crippen LogP contribution in [0.3, 0.4) is 0 Å². The number of rotatable bonds is 6. The molecule has 17 heavy (non-hydrogen) atoms. The summed E-state index contributed by atoms with van der Waals surface area (Å²) in [4.78, 5) is 25.5. The quantitative estimate of drug-likeness (QED) is 0.730. The van der Waals surface area contributed by atoms with Gasteiger partial charge in [0.25, 0.3) is 0 Å². The minimum absolute atomic E-state index is 0.00226. The Morgan fingerprint density at radius 3 is 2.82 bits per heavy atom. The Labute approximate surface area is 108 Å². The number of carbonyl (C=O) groups excluding carboxylic acids is 2. The molecular weight excluding hydrogens is 236 g/mol. The standard InChI is InChI=1S/C12H22N2O2S/c1-3-5-10-12(16)14(8-9-17-4-2)7-6-11(15)13-10/h10H,3-9H2,1-2H3,(H,13,15). The smallest absolute Gasteiger partial charge is 0.245 e. The number of hydrogen-bond acceptors (Lipinski definition) is 3. The first-order chi connectivity index (χ1) is 8.19. The van der Waals surface area contributed by atoms with E-state index in [1.54, 1.807) is 0 Å². The second-order valence-electron chi connectivity index (χ2n) is 4.18. The van der Waals surface area contributed by atoms with Crippen LogP contribution in [0.5, 0.6) is 0 Å². The molecule has 0 aromatic carbocycles. The van der Waals surface area contributed by atoms with Crippen LogP contribution in [0.15, 0.2) is 0 Å².